The first-order chi connectivity index (χ1) is 9.10. The number of benzene rings is 1. The van der Waals surface area contributed by atoms with Gasteiger partial charge in [0.1, 0.15) is 5.75 Å². The Bertz CT molecular complexity index is 569. The number of methoxy groups -OCH3 is 1. The van der Waals surface area contributed by atoms with E-state index >= 15 is 0 Å². The molecule has 0 saturated carbocycles. The van der Waals surface area contributed by atoms with Crippen LogP contribution in [-0.4, -0.2) is 28.3 Å². The molecule has 1 unspecified atom stereocenters. The molecule has 0 amide bonds. The van der Waals surface area contributed by atoms with Crippen LogP contribution < -0.4 is 10.5 Å². The Morgan fingerprint density at radius 3 is 2.58 bits per heavy atom. The molecule has 0 aliphatic heterocycles. The molecule has 7 heteroatoms. The topological polar surface area (TPSA) is 78.1 Å². The normalized spacial score (nSPS) is 12.1. The average Bonchev–Trinajstić information content (AvgIpc) is 2.83. The molecule has 0 aliphatic carbocycles. The van der Waals surface area contributed by atoms with Crippen LogP contribution in [0.15, 0.2) is 28.6 Å². The van der Waals surface area contributed by atoms with Crippen LogP contribution in [0.2, 0.25) is 0 Å². The van der Waals surface area contributed by atoms with E-state index in [4.69, 9.17) is 10.5 Å². The first-order valence-corrected chi connectivity index (χ1v) is 7.23. The summed E-state index contributed by atoms with van der Waals surface area (Å²) in [5, 5.41) is 7.79. The highest BCUT2D eigenvalue weighted by molar-refractivity contribution is 8.02. The van der Waals surface area contributed by atoms with E-state index in [-0.39, 0.29) is 11.0 Å². The van der Waals surface area contributed by atoms with Crippen LogP contribution >= 0.6 is 23.1 Å². The monoisotopic (exact) mass is 295 g/mol. The van der Waals surface area contributed by atoms with Crippen molar-refractivity contribution >= 4 is 34.0 Å². The molecular formula is C12H13N3O2S2. The molecule has 2 N–H and O–H groups in total. The van der Waals surface area contributed by atoms with Gasteiger partial charge in [-0.25, -0.2) is 0 Å². The van der Waals surface area contributed by atoms with Crippen molar-refractivity contribution in [2.45, 2.75) is 16.5 Å². The fourth-order valence-electron chi connectivity index (χ4n) is 1.46. The van der Waals surface area contributed by atoms with Gasteiger partial charge in [-0.3, -0.25) is 4.79 Å². The van der Waals surface area contributed by atoms with Gasteiger partial charge >= 0.3 is 0 Å². The predicted octanol–water partition coefficient (Wildman–Crippen LogP) is 2.49. The summed E-state index contributed by atoms with van der Waals surface area (Å²) >= 11 is 2.64. The van der Waals surface area contributed by atoms with Gasteiger partial charge in [0.05, 0.1) is 12.4 Å². The summed E-state index contributed by atoms with van der Waals surface area (Å²) in [5.74, 6) is 0.773. The Labute approximate surface area is 119 Å². The number of ketones is 1. The maximum absolute atomic E-state index is 12.2. The Hall–Kier alpha value is -1.60. The molecular weight excluding hydrogens is 282 g/mol. The molecule has 1 heterocycles. The molecule has 0 saturated heterocycles. The Morgan fingerprint density at radius 1 is 1.37 bits per heavy atom. The van der Waals surface area contributed by atoms with Crippen molar-refractivity contribution in [2.75, 3.05) is 12.8 Å². The second-order valence-electron chi connectivity index (χ2n) is 3.76. The van der Waals surface area contributed by atoms with Gasteiger partial charge in [-0.1, -0.05) is 23.1 Å². The minimum atomic E-state index is -0.235. The fraction of sp³-hybridized carbons (Fsp3) is 0.250. The van der Waals surface area contributed by atoms with Crippen LogP contribution in [0.25, 0.3) is 0 Å². The molecule has 19 heavy (non-hydrogen) atoms. The fourth-order valence-corrected chi connectivity index (χ4v) is 3.32. The summed E-state index contributed by atoms with van der Waals surface area (Å²) in [6.45, 7) is 1.84. The van der Waals surface area contributed by atoms with E-state index in [9.17, 15) is 4.79 Å². The van der Waals surface area contributed by atoms with E-state index < -0.39 is 0 Å². The van der Waals surface area contributed by atoms with Crippen LogP contribution in [-0.2, 0) is 0 Å². The standard InChI is InChI=1S/C12H13N3O2S2/c1-7(18-12-15-14-11(13)19-12)10(16)8-3-5-9(17-2)6-4-8/h3-7H,1-2H3,(H2,13,14). The lowest BCUT2D eigenvalue weighted by Gasteiger charge is -2.08. The zero-order valence-electron chi connectivity index (χ0n) is 10.5. The highest BCUT2D eigenvalue weighted by atomic mass is 32.2. The van der Waals surface area contributed by atoms with E-state index in [1.165, 1.54) is 23.1 Å². The molecule has 2 aromatic rings. The van der Waals surface area contributed by atoms with Crippen molar-refractivity contribution in [2.24, 2.45) is 0 Å². The minimum Gasteiger partial charge on any atom is -0.497 e. The van der Waals surface area contributed by atoms with Crippen molar-refractivity contribution in [1.29, 1.82) is 0 Å². The third-order valence-electron chi connectivity index (χ3n) is 2.44. The van der Waals surface area contributed by atoms with Gasteiger partial charge in [-0.15, -0.1) is 10.2 Å². The van der Waals surface area contributed by atoms with Crippen molar-refractivity contribution < 1.29 is 9.53 Å². The maximum Gasteiger partial charge on any atom is 0.203 e. The number of rotatable bonds is 5. The van der Waals surface area contributed by atoms with Crippen molar-refractivity contribution in [3.63, 3.8) is 0 Å². The van der Waals surface area contributed by atoms with Crippen molar-refractivity contribution in [3.8, 4) is 5.75 Å². The number of hydrogen-bond donors (Lipinski definition) is 1. The summed E-state index contributed by atoms with van der Waals surface area (Å²) in [4.78, 5) is 12.2. The molecule has 0 aliphatic rings. The molecule has 0 fully saturated rings. The molecule has 0 radical (unpaired) electrons. The van der Waals surface area contributed by atoms with E-state index in [1.54, 1.807) is 31.4 Å². The number of Topliss-reactive ketones (excluding diaryl/α,β-unsaturated/α-hetero) is 1. The molecule has 1 aromatic heterocycles. The molecule has 1 atom stereocenters. The predicted molar refractivity (Wildman–Crippen MR) is 77.0 cm³/mol. The molecule has 0 bridgehead atoms. The number of ether oxygens (including phenoxy) is 1. The number of thioether (sulfide) groups is 1. The summed E-state index contributed by atoms with van der Waals surface area (Å²) in [7, 11) is 1.59. The zero-order valence-corrected chi connectivity index (χ0v) is 12.1. The van der Waals surface area contributed by atoms with E-state index in [0.717, 1.165) is 5.75 Å². The summed E-state index contributed by atoms with van der Waals surface area (Å²) in [6, 6.07) is 7.06. The van der Waals surface area contributed by atoms with Gasteiger partial charge in [-0.05, 0) is 31.2 Å². The number of nitrogens with two attached hydrogens (primary N) is 1. The van der Waals surface area contributed by atoms with Gasteiger partial charge in [0.2, 0.25) is 5.13 Å². The van der Waals surface area contributed by atoms with Crippen LogP contribution in [0.3, 0.4) is 0 Å². The van der Waals surface area contributed by atoms with Gasteiger partial charge in [0.15, 0.2) is 10.1 Å². The Morgan fingerprint density at radius 2 is 2.05 bits per heavy atom. The van der Waals surface area contributed by atoms with E-state index in [0.29, 0.717) is 15.0 Å². The lowest BCUT2D eigenvalue weighted by Crippen LogP contribution is -2.13. The van der Waals surface area contributed by atoms with Crippen LogP contribution in [0.4, 0.5) is 5.13 Å². The van der Waals surface area contributed by atoms with Crippen LogP contribution in [0, 0.1) is 0 Å². The molecule has 5 nitrogen and oxygen atoms in total. The van der Waals surface area contributed by atoms with Gasteiger partial charge in [0, 0.05) is 5.56 Å². The molecule has 1 aromatic carbocycles. The van der Waals surface area contributed by atoms with Gasteiger partial charge in [-0.2, -0.15) is 0 Å². The number of nitrogen functional groups attached to an aromatic ring is 1. The smallest absolute Gasteiger partial charge is 0.203 e. The number of aromatic nitrogens is 2. The second kappa shape index (κ2) is 6.03. The quantitative estimate of drug-likeness (QED) is 0.674. The zero-order chi connectivity index (χ0) is 13.8. The molecule has 0 spiro atoms. The number of nitrogens with zero attached hydrogens (tertiary/aromatic N) is 2. The first-order valence-electron chi connectivity index (χ1n) is 5.54. The summed E-state index contributed by atoms with van der Waals surface area (Å²) in [6.07, 6.45) is 0. The highest BCUT2D eigenvalue weighted by Crippen LogP contribution is 2.29. The van der Waals surface area contributed by atoms with Crippen LogP contribution in [0.1, 0.15) is 17.3 Å². The Kier molecular flexibility index (Phi) is 4.39. The number of hydrogen-bond acceptors (Lipinski definition) is 7. The van der Waals surface area contributed by atoms with Gasteiger partial charge < -0.3 is 10.5 Å². The largest absolute Gasteiger partial charge is 0.497 e. The first kappa shape index (κ1) is 13.8. The third kappa shape index (κ3) is 3.45. The van der Waals surface area contributed by atoms with Crippen molar-refractivity contribution in [3.05, 3.63) is 29.8 Å². The SMILES string of the molecule is COc1ccc(C(=O)C(C)Sc2nnc(N)s2)cc1. The molecule has 100 valence electrons. The second-order valence-corrected chi connectivity index (χ2v) is 6.36. The number of carbonyl (C=O) groups is 1. The third-order valence-corrected chi connectivity index (χ3v) is 4.38. The van der Waals surface area contributed by atoms with E-state index in [2.05, 4.69) is 10.2 Å². The van der Waals surface area contributed by atoms with Crippen molar-refractivity contribution in [1.82, 2.24) is 10.2 Å². The Balaban J connectivity index is 2.05. The maximum atomic E-state index is 12.2. The summed E-state index contributed by atoms with van der Waals surface area (Å²) < 4.78 is 5.76. The van der Waals surface area contributed by atoms with Gasteiger partial charge in [0.25, 0.3) is 0 Å². The number of anilines is 1. The number of carbonyl (C=O) groups excluding carboxylic acids is 1. The van der Waals surface area contributed by atoms with E-state index in [1.807, 2.05) is 6.92 Å². The molecule has 2 rings (SSSR count). The minimum absolute atomic E-state index is 0.0430. The average molecular weight is 295 g/mol. The summed E-state index contributed by atoms with van der Waals surface area (Å²) in [5.41, 5.74) is 6.16. The lowest BCUT2D eigenvalue weighted by atomic mass is 10.1. The lowest BCUT2D eigenvalue weighted by molar-refractivity contribution is 0.0994. The van der Waals surface area contributed by atoms with Crippen LogP contribution in [0.5, 0.6) is 5.75 Å². The highest BCUT2D eigenvalue weighted by Gasteiger charge is 2.18.